The number of rotatable bonds is 40. The smallest absolute Gasteiger partial charge is 0.306 e. The summed E-state index contributed by atoms with van der Waals surface area (Å²) < 4.78 is 22.2. The number of hydrogen-bond acceptors (Lipinski definition) is 10. The maximum atomic E-state index is 12.8. The number of carbonyl (C=O) groups excluding carboxylic acids is 2. The zero-order chi connectivity index (χ0) is 43.0. The topological polar surface area (TPSA) is 152 Å². The maximum absolute atomic E-state index is 12.8. The van der Waals surface area contributed by atoms with Gasteiger partial charge in [0.1, 0.15) is 31.0 Å². The van der Waals surface area contributed by atoms with Crippen LogP contribution < -0.4 is 0 Å². The molecule has 0 aliphatic carbocycles. The molecule has 0 radical (unpaired) electrons. The lowest BCUT2D eigenvalue weighted by Gasteiger charge is -2.39. The fraction of sp³-hybridized carbons (Fsp3) is 0.837. The lowest BCUT2D eigenvalue weighted by molar-refractivity contribution is -0.305. The number of aliphatic hydroxyl groups is 4. The molecule has 10 heteroatoms. The van der Waals surface area contributed by atoms with Crippen molar-refractivity contribution < 1.29 is 49.0 Å². The predicted molar refractivity (Wildman–Crippen MR) is 238 cm³/mol. The van der Waals surface area contributed by atoms with E-state index in [1.807, 2.05) is 0 Å². The Hall–Kier alpha value is -2.08. The number of unbranched alkanes of at least 4 members (excludes halogenated alkanes) is 23. The van der Waals surface area contributed by atoms with Gasteiger partial charge in [0.25, 0.3) is 0 Å². The van der Waals surface area contributed by atoms with Gasteiger partial charge in [0.2, 0.25) is 0 Å². The van der Waals surface area contributed by atoms with E-state index < -0.39 is 49.4 Å². The third kappa shape index (κ3) is 31.4. The van der Waals surface area contributed by atoms with Crippen molar-refractivity contribution in [2.24, 2.45) is 0 Å². The van der Waals surface area contributed by atoms with Crippen LogP contribution in [0.3, 0.4) is 0 Å². The molecule has 1 aliphatic heterocycles. The van der Waals surface area contributed by atoms with Gasteiger partial charge >= 0.3 is 11.9 Å². The molecule has 6 atom stereocenters. The van der Waals surface area contributed by atoms with Gasteiger partial charge in [-0.05, 0) is 44.9 Å². The molecule has 10 nitrogen and oxygen atoms in total. The van der Waals surface area contributed by atoms with E-state index in [2.05, 4.69) is 50.3 Å². The molecule has 0 aromatic rings. The Morgan fingerprint density at radius 3 is 1.51 bits per heavy atom. The van der Waals surface area contributed by atoms with Crippen LogP contribution in [0.4, 0.5) is 0 Å². The molecule has 344 valence electrons. The Morgan fingerprint density at radius 2 is 1.00 bits per heavy atom. The summed E-state index contributed by atoms with van der Waals surface area (Å²) in [5, 5.41) is 40.1. The third-order valence-corrected chi connectivity index (χ3v) is 11.0. The minimum Gasteiger partial charge on any atom is -0.462 e. The lowest BCUT2D eigenvalue weighted by Crippen LogP contribution is -2.59. The zero-order valence-corrected chi connectivity index (χ0v) is 37.5. The highest BCUT2D eigenvalue weighted by atomic mass is 16.7. The minimum atomic E-state index is -1.60. The largest absolute Gasteiger partial charge is 0.462 e. The molecule has 4 N–H and O–H groups in total. The van der Waals surface area contributed by atoms with Crippen molar-refractivity contribution in [1.82, 2.24) is 0 Å². The number of carbonyl (C=O) groups is 2. The first-order valence-corrected chi connectivity index (χ1v) is 24.1. The van der Waals surface area contributed by atoms with Crippen LogP contribution in [0.2, 0.25) is 0 Å². The van der Waals surface area contributed by atoms with Crippen LogP contribution in [0, 0.1) is 0 Å². The summed E-state index contributed by atoms with van der Waals surface area (Å²) in [4.78, 5) is 25.3. The molecule has 1 saturated heterocycles. The van der Waals surface area contributed by atoms with E-state index in [1.54, 1.807) is 0 Å². The van der Waals surface area contributed by atoms with Crippen molar-refractivity contribution in [2.45, 2.75) is 243 Å². The van der Waals surface area contributed by atoms with Crippen molar-refractivity contribution in [2.75, 3.05) is 19.8 Å². The summed E-state index contributed by atoms with van der Waals surface area (Å²) in [6, 6.07) is 0. The summed E-state index contributed by atoms with van der Waals surface area (Å²) in [6.45, 7) is 3.30. The highest BCUT2D eigenvalue weighted by Crippen LogP contribution is 2.23. The number of allylic oxidation sites excluding steroid dienone is 6. The van der Waals surface area contributed by atoms with Gasteiger partial charge in [-0.1, -0.05) is 185 Å². The molecule has 1 heterocycles. The van der Waals surface area contributed by atoms with Gasteiger partial charge in [0.15, 0.2) is 12.4 Å². The molecule has 0 saturated carbocycles. The van der Waals surface area contributed by atoms with Crippen LogP contribution in [-0.2, 0) is 28.5 Å². The van der Waals surface area contributed by atoms with Crippen LogP contribution in [-0.4, -0.2) is 89.0 Å². The molecular weight excluding hydrogens is 749 g/mol. The van der Waals surface area contributed by atoms with E-state index in [-0.39, 0.29) is 32.0 Å². The first-order chi connectivity index (χ1) is 28.8. The quantitative estimate of drug-likeness (QED) is 0.0267. The second kappa shape index (κ2) is 40.0. The van der Waals surface area contributed by atoms with Crippen molar-refractivity contribution >= 4 is 11.9 Å². The van der Waals surface area contributed by atoms with Crippen LogP contribution in [0.25, 0.3) is 0 Å². The molecular formula is C49H88O10. The van der Waals surface area contributed by atoms with Crippen LogP contribution in [0.1, 0.15) is 206 Å². The van der Waals surface area contributed by atoms with Crippen LogP contribution >= 0.6 is 0 Å². The molecule has 0 aromatic carbocycles. The first-order valence-electron chi connectivity index (χ1n) is 24.1. The summed E-state index contributed by atoms with van der Waals surface area (Å²) in [6.07, 6.45) is 38.8. The average Bonchev–Trinajstić information content (AvgIpc) is 3.23. The SMILES string of the molecule is CC/C=C\C/C=C\C/C=C\CCCCCC(=O)OC(COC(=O)CCCCCCCCCCCCCCCCCCCCCCC)COC1OC(CO)C(O)C(O)C1O. The standard InChI is InChI=1S/C49H88O10/c1-3-5-7-9-11-13-15-17-18-19-20-21-22-23-24-26-27-29-31-33-35-37-44(51)56-40-42(41-57-49-48(55)47(54)46(53)43(39-50)59-49)58-45(52)38-36-34-32-30-28-25-16-14-12-10-8-6-4-2/h6,8,12,14,25,28,42-43,46-50,53-55H,3-5,7,9-11,13,15-24,26-27,29-41H2,1-2H3/b8-6-,14-12-,28-25-. The average molecular weight is 837 g/mol. The second-order valence-corrected chi connectivity index (χ2v) is 16.5. The summed E-state index contributed by atoms with van der Waals surface area (Å²) in [5.41, 5.74) is 0. The summed E-state index contributed by atoms with van der Waals surface area (Å²) in [7, 11) is 0. The lowest BCUT2D eigenvalue weighted by atomic mass is 9.99. The molecule has 6 unspecified atom stereocenters. The Labute approximate surface area is 359 Å². The Balaban J connectivity index is 2.26. The van der Waals surface area contributed by atoms with Crippen LogP contribution in [0.15, 0.2) is 36.5 Å². The highest BCUT2D eigenvalue weighted by molar-refractivity contribution is 5.70. The Kier molecular flexibility index (Phi) is 37.3. The van der Waals surface area contributed by atoms with E-state index in [4.69, 9.17) is 18.9 Å². The fourth-order valence-corrected chi connectivity index (χ4v) is 7.26. The van der Waals surface area contributed by atoms with Gasteiger partial charge in [-0.15, -0.1) is 0 Å². The molecule has 0 bridgehead atoms. The Bertz CT molecular complexity index is 1060. The normalized spacial score (nSPS) is 20.3. The predicted octanol–water partition coefficient (Wildman–Crippen LogP) is 10.7. The number of hydrogen-bond donors (Lipinski definition) is 4. The van der Waals surface area contributed by atoms with E-state index in [9.17, 15) is 30.0 Å². The van der Waals surface area contributed by atoms with E-state index in [0.29, 0.717) is 6.42 Å². The molecule has 0 aromatic heterocycles. The van der Waals surface area contributed by atoms with Gasteiger partial charge < -0.3 is 39.4 Å². The van der Waals surface area contributed by atoms with Gasteiger partial charge in [0, 0.05) is 12.8 Å². The second-order valence-electron chi connectivity index (χ2n) is 16.5. The van der Waals surface area contributed by atoms with E-state index in [1.165, 1.54) is 116 Å². The Morgan fingerprint density at radius 1 is 0.542 bits per heavy atom. The van der Waals surface area contributed by atoms with Gasteiger partial charge in [0.05, 0.1) is 13.2 Å². The summed E-state index contributed by atoms with van der Waals surface area (Å²) >= 11 is 0. The molecule has 1 aliphatic rings. The number of esters is 2. The van der Waals surface area contributed by atoms with Gasteiger partial charge in [-0.3, -0.25) is 9.59 Å². The van der Waals surface area contributed by atoms with Crippen LogP contribution in [0.5, 0.6) is 0 Å². The summed E-state index contributed by atoms with van der Waals surface area (Å²) in [5.74, 6) is -0.834. The van der Waals surface area contributed by atoms with Crippen molar-refractivity contribution in [3.8, 4) is 0 Å². The zero-order valence-electron chi connectivity index (χ0n) is 37.5. The van der Waals surface area contributed by atoms with Gasteiger partial charge in [-0.25, -0.2) is 0 Å². The van der Waals surface area contributed by atoms with Crippen molar-refractivity contribution in [1.29, 1.82) is 0 Å². The fourth-order valence-electron chi connectivity index (χ4n) is 7.26. The van der Waals surface area contributed by atoms with Gasteiger partial charge in [-0.2, -0.15) is 0 Å². The van der Waals surface area contributed by atoms with Crippen molar-refractivity contribution in [3.63, 3.8) is 0 Å². The van der Waals surface area contributed by atoms with E-state index >= 15 is 0 Å². The molecule has 0 amide bonds. The number of aliphatic hydroxyl groups excluding tert-OH is 4. The minimum absolute atomic E-state index is 0.196. The van der Waals surface area contributed by atoms with E-state index in [0.717, 1.165) is 57.8 Å². The third-order valence-electron chi connectivity index (χ3n) is 11.0. The molecule has 59 heavy (non-hydrogen) atoms. The number of ether oxygens (including phenoxy) is 4. The molecule has 1 rings (SSSR count). The molecule has 1 fully saturated rings. The highest BCUT2D eigenvalue weighted by Gasteiger charge is 2.44. The molecule has 0 spiro atoms. The first kappa shape index (κ1) is 54.9. The van der Waals surface area contributed by atoms with Crippen molar-refractivity contribution in [3.05, 3.63) is 36.5 Å². The monoisotopic (exact) mass is 837 g/mol. The maximum Gasteiger partial charge on any atom is 0.306 e.